The van der Waals surface area contributed by atoms with Crippen molar-refractivity contribution in [1.82, 2.24) is 19.5 Å². The summed E-state index contributed by atoms with van der Waals surface area (Å²) in [5.41, 5.74) is 0.506. The van der Waals surface area contributed by atoms with Gasteiger partial charge in [-0.1, -0.05) is 11.6 Å². The highest BCUT2D eigenvalue weighted by Crippen LogP contribution is 2.14. The zero-order valence-corrected chi connectivity index (χ0v) is 7.25. The molecule has 64 valence electrons. The Kier molecular flexibility index (Phi) is 1.84. The van der Waals surface area contributed by atoms with Crippen LogP contribution in [0.15, 0.2) is 11.1 Å². The van der Waals surface area contributed by atoms with E-state index >= 15 is 0 Å². The minimum absolute atomic E-state index is 0.0617. The molecule has 2 rings (SSSR count). The number of nitrogens with zero attached hydrogens (tertiary/aromatic N) is 3. The maximum atomic E-state index is 11.2. The van der Waals surface area contributed by atoms with Gasteiger partial charge in [-0.05, 0) is 6.44 Å². The van der Waals surface area contributed by atoms with Crippen LogP contribution in [0.2, 0.25) is 5.15 Å². The van der Waals surface area contributed by atoms with Crippen molar-refractivity contribution < 1.29 is 0 Å². The van der Waals surface area contributed by atoms with Crippen molar-refractivity contribution in [2.45, 2.75) is 6.44 Å². The van der Waals surface area contributed by atoms with Gasteiger partial charge in [-0.25, -0.2) is 14.8 Å². The Morgan fingerprint density at radius 3 is 3.08 bits per heavy atom. The number of hydrogen-bond acceptors (Lipinski definition) is 3. The second-order valence-corrected chi connectivity index (χ2v) is 2.76. The lowest BCUT2D eigenvalue weighted by atomic mass is 10.2. The van der Waals surface area contributed by atoms with Gasteiger partial charge in [0.15, 0.2) is 10.8 Å². The quantitative estimate of drug-likeness (QED) is 0.509. The third kappa shape index (κ3) is 1.14. The van der Waals surface area contributed by atoms with Crippen LogP contribution in [0.1, 0.15) is 0 Å². The molecule has 0 fully saturated rings. The van der Waals surface area contributed by atoms with E-state index in [1.807, 2.05) is 0 Å². The van der Waals surface area contributed by atoms with E-state index in [4.69, 9.17) is 19.4 Å². The maximum Gasteiger partial charge on any atom is 0.327 e. The molecule has 0 aliphatic carbocycles. The number of aromatic nitrogens is 4. The Labute approximate surface area is 79.2 Å². The van der Waals surface area contributed by atoms with E-state index < -0.39 is 0 Å². The van der Waals surface area contributed by atoms with Crippen LogP contribution >= 0.6 is 11.6 Å². The molecule has 7 heteroatoms. The summed E-state index contributed by atoms with van der Waals surface area (Å²) in [6, 6.07) is 0. The van der Waals surface area contributed by atoms with Crippen molar-refractivity contribution in [3.63, 3.8) is 0 Å². The molecule has 2 radical (unpaired) electrons. The van der Waals surface area contributed by atoms with Crippen LogP contribution in [0.3, 0.4) is 0 Å². The molecule has 0 saturated heterocycles. The van der Waals surface area contributed by atoms with Gasteiger partial charge in [0.25, 0.3) is 0 Å². The van der Waals surface area contributed by atoms with E-state index in [1.165, 1.54) is 10.9 Å². The molecule has 0 spiro atoms. The Hall–Kier alpha value is -1.30. The number of H-pyrrole nitrogens is 1. The average Bonchev–Trinajstić information content (AvgIpc) is 2.43. The molecule has 2 heterocycles. The van der Waals surface area contributed by atoms with Gasteiger partial charge in [-0.2, -0.15) is 0 Å². The highest BCUT2D eigenvalue weighted by molar-refractivity contribution is 6.33. The minimum Gasteiger partial charge on any atom is -0.302 e. The molecular formula is C6H4BClN4O. The first-order valence-electron chi connectivity index (χ1n) is 3.53. The van der Waals surface area contributed by atoms with E-state index in [0.717, 1.165) is 0 Å². The predicted octanol–water partition coefficient (Wildman–Crippen LogP) is -0.101. The molecule has 2 aromatic rings. The van der Waals surface area contributed by atoms with Crippen molar-refractivity contribution in [2.75, 3.05) is 0 Å². The number of hydrogen-bond donors (Lipinski definition) is 1. The molecule has 0 aliphatic heterocycles. The first kappa shape index (κ1) is 8.31. The first-order chi connectivity index (χ1) is 6.24. The van der Waals surface area contributed by atoms with Gasteiger partial charge < -0.3 is 4.98 Å². The van der Waals surface area contributed by atoms with Crippen molar-refractivity contribution in [3.8, 4) is 0 Å². The molecule has 5 nitrogen and oxygen atoms in total. The first-order valence-corrected chi connectivity index (χ1v) is 3.91. The lowest BCUT2D eigenvalue weighted by Gasteiger charge is -1.95. The fourth-order valence-electron chi connectivity index (χ4n) is 1.11. The van der Waals surface area contributed by atoms with Crippen LogP contribution in [0.25, 0.3) is 11.2 Å². The van der Waals surface area contributed by atoms with Crippen LogP contribution in [0.5, 0.6) is 0 Å². The van der Waals surface area contributed by atoms with E-state index in [-0.39, 0.29) is 17.3 Å². The van der Waals surface area contributed by atoms with Gasteiger partial charge in [0.2, 0.25) is 0 Å². The average molecular weight is 194 g/mol. The summed E-state index contributed by atoms with van der Waals surface area (Å²) in [6.45, 7) is 0. The Bertz CT molecular complexity index is 505. The van der Waals surface area contributed by atoms with E-state index in [9.17, 15) is 4.79 Å². The number of rotatable bonds is 1. The summed E-state index contributed by atoms with van der Waals surface area (Å²) in [6.07, 6.45) is 1.34. The lowest BCUT2D eigenvalue weighted by molar-refractivity contribution is 0.849. The summed E-state index contributed by atoms with van der Waals surface area (Å²) < 4.78 is 1.28. The van der Waals surface area contributed by atoms with E-state index in [2.05, 4.69) is 15.0 Å². The summed E-state index contributed by atoms with van der Waals surface area (Å²) in [5, 5.41) is 0.217. The normalized spacial score (nSPS) is 10.8. The van der Waals surface area contributed by atoms with Crippen molar-refractivity contribution in [1.29, 1.82) is 0 Å². The van der Waals surface area contributed by atoms with Crippen LogP contribution in [-0.4, -0.2) is 27.4 Å². The zero-order valence-electron chi connectivity index (χ0n) is 6.49. The Morgan fingerprint density at radius 1 is 1.62 bits per heavy atom. The molecule has 2 aromatic heterocycles. The topological polar surface area (TPSA) is 63.6 Å². The van der Waals surface area contributed by atoms with E-state index in [0.29, 0.717) is 11.2 Å². The number of aromatic amines is 1. The Balaban J connectivity index is 2.94. The highest BCUT2D eigenvalue weighted by atomic mass is 35.5. The molecular weight excluding hydrogens is 190 g/mol. The number of imidazole rings is 1. The third-order valence-electron chi connectivity index (χ3n) is 1.70. The fourth-order valence-corrected chi connectivity index (χ4v) is 1.28. The van der Waals surface area contributed by atoms with Crippen molar-refractivity contribution in [3.05, 3.63) is 22.0 Å². The predicted molar refractivity (Wildman–Crippen MR) is 48.9 cm³/mol. The Morgan fingerprint density at radius 2 is 2.38 bits per heavy atom. The maximum absolute atomic E-state index is 11.2. The monoisotopic (exact) mass is 194 g/mol. The molecule has 1 N–H and O–H groups in total. The zero-order chi connectivity index (χ0) is 9.42. The number of fused-ring (bicyclic) bond motifs is 1. The van der Waals surface area contributed by atoms with Gasteiger partial charge in [-0.15, -0.1) is 0 Å². The van der Waals surface area contributed by atoms with Crippen molar-refractivity contribution >= 4 is 30.6 Å². The van der Waals surface area contributed by atoms with Crippen LogP contribution < -0.4 is 5.69 Å². The molecule has 0 aromatic carbocycles. The van der Waals surface area contributed by atoms with Crippen LogP contribution in [0, 0.1) is 0 Å². The molecule has 13 heavy (non-hydrogen) atoms. The molecule has 0 bridgehead atoms. The molecule has 0 atom stereocenters. The molecule has 0 amide bonds. The molecule has 0 aliphatic rings. The number of nitrogens with one attached hydrogen (secondary N) is 1. The van der Waals surface area contributed by atoms with Crippen molar-refractivity contribution in [2.24, 2.45) is 0 Å². The second-order valence-electron chi connectivity index (χ2n) is 2.40. The summed E-state index contributed by atoms with van der Waals surface area (Å²) in [5.74, 6) is 0. The highest BCUT2D eigenvalue weighted by Gasteiger charge is 2.08. The summed E-state index contributed by atoms with van der Waals surface area (Å²) >= 11 is 5.72. The molecule has 0 saturated carbocycles. The largest absolute Gasteiger partial charge is 0.327 e. The van der Waals surface area contributed by atoms with Gasteiger partial charge in [0.1, 0.15) is 11.8 Å². The van der Waals surface area contributed by atoms with Gasteiger partial charge in [0, 0.05) is 0 Å². The SMILES string of the molecule is [B]Cn1c(=O)[nH]c2c(Cl)ncnc21. The minimum atomic E-state index is -0.333. The fraction of sp³-hybridized carbons (Fsp3) is 0.167. The standard InChI is InChI=1S/C6H4BClN4O/c7-1-12-5-3(11-6(12)13)4(8)9-2-10-5/h2H,1H2,(H,11,13). The number of halogens is 1. The lowest BCUT2D eigenvalue weighted by Crippen LogP contribution is -2.16. The smallest absolute Gasteiger partial charge is 0.302 e. The van der Waals surface area contributed by atoms with Gasteiger partial charge >= 0.3 is 5.69 Å². The van der Waals surface area contributed by atoms with Gasteiger partial charge in [-0.3, -0.25) is 4.57 Å². The van der Waals surface area contributed by atoms with Crippen LogP contribution in [-0.2, 0) is 6.44 Å². The van der Waals surface area contributed by atoms with E-state index in [1.54, 1.807) is 0 Å². The second kappa shape index (κ2) is 2.88. The third-order valence-corrected chi connectivity index (χ3v) is 1.98. The molecule has 0 unspecified atom stereocenters. The summed E-state index contributed by atoms with van der Waals surface area (Å²) in [7, 11) is 5.35. The van der Waals surface area contributed by atoms with Gasteiger partial charge in [0.05, 0.1) is 7.85 Å². The summed E-state index contributed by atoms with van der Waals surface area (Å²) in [4.78, 5) is 21.4. The van der Waals surface area contributed by atoms with Crippen LogP contribution in [0.4, 0.5) is 0 Å².